The summed E-state index contributed by atoms with van der Waals surface area (Å²) in [5, 5.41) is 7.88. The topological polar surface area (TPSA) is 56.9 Å². The minimum absolute atomic E-state index is 0.102. The second kappa shape index (κ2) is 8.05. The number of para-hydroxylation sites is 1. The number of aromatic nitrogens is 1. The average molecular weight is 341 g/mol. The molecule has 4 atom stereocenters. The van der Waals surface area contributed by atoms with E-state index in [2.05, 4.69) is 47.7 Å². The molecular weight excluding hydrogens is 310 g/mol. The van der Waals surface area contributed by atoms with E-state index in [1.165, 1.54) is 30.2 Å². The predicted octanol–water partition coefficient (Wildman–Crippen LogP) is 3.63. The highest BCUT2D eigenvalue weighted by Gasteiger charge is 2.29. The molecule has 0 bridgehead atoms. The van der Waals surface area contributed by atoms with Crippen LogP contribution in [-0.2, 0) is 11.2 Å². The summed E-state index contributed by atoms with van der Waals surface area (Å²) in [6.45, 7) is 7.28. The Morgan fingerprint density at radius 2 is 2.08 bits per heavy atom. The first kappa shape index (κ1) is 18.0. The zero-order chi connectivity index (χ0) is 17.8. The van der Waals surface area contributed by atoms with Gasteiger partial charge in [-0.05, 0) is 43.2 Å². The van der Waals surface area contributed by atoms with Gasteiger partial charge in [0.15, 0.2) is 0 Å². The molecule has 0 saturated heterocycles. The zero-order valence-electron chi connectivity index (χ0n) is 15.6. The Labute approximate surface area is 150 Å². The first-order valence-corrected chi connectivity index (χ1v) is 9.65. The molecule has 0 spiro atoms. The van der Waals surface area contributed by atoms with Gasteiger partial charge in [0.2, 0.25) is 5.91 Å². The fraction of sp³-hybridized carbons (Fsp3) is 0.571. The maximum atomic E-state index is 12.4. The molecule has 1 heterocycles. The molecule has 136 valence electrons. The van der Waals surface area contributed by atoms with Crippen LogP contribution >= 0.6 is 0 Å². The minimum Gasteiger partial charge on any atom is -0.361 e. The third kappa shape index (κ3) is 4.24. The van der Waals surface area contributed by atoms with Crippen molar-refractivity contribution in [3.63, 3.8) is 0 Å². The highest BCUT2D eigenvalue weighted by Crippen LogP contribution is 2.29. The van der Waals surface area contributed by atoms with Gasteiger partial charge in [-0.15, -0.1) is 0 Å². The van der Waals surface area contributed by atoms with E-state index in [1.807, 2.05) is 19.2 Å². The monoisotopic (exact) mass is 341 g/mol. The molecule has 1 aliphatic carbocycles. The summed E-state index contributed by atoms with van der Waals surface area (Å²) in [5.74, 6) is 1.48. The van der Waals surface area contributed by atoms with Crippen molar-refractivity contribution in [3.8, 4) is 0 Å². The van der Waals surface area contributed by atoms with Crippen LogP contribution in [0.4, 0.5) is 0 Å². The third-order valence-corrected chi connectivity index (χ3v) is 5.93. The number of fused-ring (bicyclic) bond motifs is 1. The fourth-order valence-corrected chi connectivity index (χ4v) is 4.03. The van der Waals surface area contributed by atoms with Gasteiger partial charge in [-0.2, -0.15) is 0 Å². The molecule has 1 aromatic heterocycles. The summed E-state index contributed by atoms with van der Waals surface area (Å²) < 4.78 is 0. The molecule has 4 nitrogen and oxygen atoms in total. The molecule has 1 fully saturated rings. The van der Waals surface area contributed by atoms with Gasteiger partial charge in [0.05, 0.1) is 6.04 Å². The second-order valence-corrected chi connectivity index (χ2v) is 7.66. The number of hydrogen-bond acceptors (Lipinski definition) is 2. The molecule has 1 amide bonds. The number of aromatic amines is 1. The standard InChI is InChI=1S/C21H31N3O/c1-14-7-6-10-19(15(14)2)24-16(3)21(25)22-12-11-17-13-23-20-9-5-4-8-18(17)20/h4-5,8-9,13-16,19,23-24H,6-7,10-12H2,1-3H3,(H,22,25). The van der Waals surface area contributed by atoms with Gasteiger partial charge in [-0.3, -0.25) is 4.79 Å². The lowest BCUT2D eigenvalue weighted by atomic mass is 9.78. The Morgan fingerprint density at radius 3 is 2.92 bits per heavy atom. The van der Waals surface area contributed by atoms with Gasteiger partial charge >= 0.3 is 0 Å². The van der Waals surface area contributed by atoms with Gasteiger partial charge in [-0.1, -0.05) is 44.9 Å². The van der Waals surface area contributed by atoms with E-state index >= 15 is 0 Å². The van der Waals surface area contributed by atoms with E-state index in [-0.39, 0.29) is 11.9 Å². The first-order chi connectivity index (χ1) is 12.1. The van der Waals surface area contributed by atoms with Gasteiger partial charge in [0.1, 0.15) is 0 Å². The lowest BCUT2D eigenvalue weighted by Crippen LogP contribution is -2.50. The van der Waals surface area contributed by atoms with Crippen LogP contribution in [-0.4, -0.2) is 29.5 Å². The summed E-state index contributed by atoms with van der Waals surface area (Å²) in [6.07, 6.45) is 6.64. The Morgan fingerprint density at radius 1 is 1.28 bits per heavy atom. The van der Waals surface area contributed by atoms with Crippen molar-refractivity contribution in [1.82, 2.24) is 15.6 Å². The number of nitrogens with one attached hydrogen (secondary N) is 3. The number of benzene rings is 1. The highest BCUT2D eigenvalue weighted by atomic mass is 16.2. The van der Waals surface area contributed by atoms with Crippen LogP contribution in [0.3, 0.4) is 0 Å². The van der Waals surface area contributed by atoms with Crippen LogP contribution in [0.25, 0.3) is 10.9 Å². The van der Waals surface area contributed by atoms with Gasteiger partial charge < -0.3 is 15.6 Å². The van der Waals surface area contributed by atoms with Gasteiger partial charge in [-0.25, -0.2) is 0 Å². The normalized spacial score (nSPS) is 25.0. The number of amides is 1. The Hall–Kier alpha value is -1.81. The van der Waals surface area contributed by atoms with Crippen molar-refractivity contribution in [2.24, 2.45) is 11.8 Å². The van der Waals surface area contributed by atoms with Gasteiger partial charge in [0.25, 0.3) is 0 Å². The number of carbonyl (C=O) groups excluding carboxylic acids is 1. The molecule has 0 radical (unpaired) electrons. The highest BCUT2D eigenvalue weighted by molar-refractivity contribution is 5.83. The number of hydrogen-bond donors (Lipinski definition) is 3. The Balaban J connectivity index is 1.47. The van der Waals surface area contributed by atoms with E-state index in [4.69, 9.17) is 0 Å². The molecule has 3 N–H and O–H groups in total. The quantitative estimate of drug-likeness (QED) is 0.751. The zero-order valence-corrected chi connectivity index (χ0v) is 15.6. The van der Waals surface area contributed by atoms with Crippen LogP contribution in [0, 0.1) is 11.8 Å². The van der Waals surface area contributed by atoms with Crippen molar-refractivity contribution in [3.05, 3.63) is 36.0 Å². The predicted molar refractivity (Wildman–Crippen MR) is 104 cm³/mol. The van der Waals surface area contributed by atoms with E-state index < -0.39 is 0 Å². The van der Waals surface area contributed by atoms with E-state index in [1.54, 1.807) is 0 Å². The maximum Gasteiger partial charge on any atom is 0.236 e. The summed E-state index contributed by atoms with van der Waals surface area (Å²) in [5.41, 5.74) is 2.41. The van der Waals surface area contributed by atoms with E-state index in [0.29, 0.717) is 18.5 Å². The Kier molecular flexibility index (Phi) is 5.79. The molecule has 4 heteroatoms. The van der Waals surface area contributed by atoms with Crippen molar-refractivity contribution in [2.75, 3.05) is 6.54 Å². The van der Waals surface area contributed by atoms with Crippen LogP contribution in [0.1, 0.15) is 45.6 Å². The Bertz CT molecular complexity index is 708. The minimum atomic E-state index is -0.138. The van der Waals surface area contributed by atoms with Gasteiger partial charge in [0, 0.05) is 29.7 Å². The van der Waals surface area contributed by atoms with Crippen molar-refractivity contribution >= 4 is 16.8 Å². The summed E-state index contributed by atoms with van der Waals surface area (Å²) in [4.78, 5) is 15.7. The molecule has 1 aromatic carbocycles. The third-order valence-electron chi connectivity index (χ3n) is 5.93. The first-order valence-electron chi connectivity index (χ1n) is 9.65. The molecular formula is C21H31N3O. The molecule has 25 heavy (non-hydrogen) atoms. The van der Waals surface area contributed by atoms with Crippen LogP contribution in [0.2, 0.25) is 0 Å². The lowest BCUT2D eigenvalue weighted by Gasteiger charge is -2.36. The molecule has 1 aliphatic rings. The largest absolute Gasteiger partial charge is 0.361 e. The summed E-state index contributed by atoms with van der Waals surface area (Å²) in [6, 6.07) is 8.61. The average Bonchev–Trinajstić information content (AvgIpc) is 3.02. The molecule has 4 unspecified atom stereocenters. The van der Waals surface area contributed by atoms with Crippen molar-refractivity contribution in [2.45, 2.75) is 58.5 Å². The summed E-state index contributed by atoms with van der Waals surface area (Å²) in [7, 11) is 0. The second-order valence-electron chi connectivity index (χ2n) is 7.66. The summed E-state index contributed by atoms with van der Waals surface area (Å²) >= 11 is 0. The molecule has 3 rings (SSSR count). The SMILES string of the molecule is CC(NC1CCCC(C)C1C)C(=O)NCCc1c[nH]c2ccccc12. The van der Waals surface area contributed by atoms with E-state index in [9.17, 15) is 4.79 Å². The fourth-order valence-electron chi connectivity index (χ4n) is 4.03. The maximum absolute atomic E-state index is 12.4. The van der Waals surface area contributed by atoms with Crippen LogP contribution in [0.15, 0.2) is 30.5 Å². The molecule has 2 aromatic rings. The van der Waals surface area contributed by atoms with Crippen molar-refractivity contribution in [1.29, 1.82) is 0 Å². The lowest BCUT2D eigenvalue weighted by molar-refractivity contribution is -0.123. The number of carbonyl (C=O) groups is 1. The van der Waals surface area contributed by atoms with Crippen LogP contribution in [0.5, 0.6) is 0 Å². The van der Waals surface area contributed by atoms with Crippen LogP contribution < -0.4 is 10.6 Å². The smallest absolute Gasteiger partial charge is 0.236 e. The van der Waals surface area contributed by atoms with Crippen molar-refractivity contribution < 1.29 is 4.79 Å². The number of rotatable bonds is 6. The molecule has 0 aliphatic heterocycles. The molecule has 1 saturated carbocycles. The number of H-pyrrole nitrogens is 1. The van der Waals surface area contributed by atoms with E-state index in [0.717, 1.165) is 17.9 Å².